The van der Waals surface area contributed by atoms with Crippen molar-refractivity contribution in [3.63, 3.8) is 0 Å². The SMILES string of the molecule is CCCCCCC(=O)C1(C)CCCO1. The van der Waals surface area contributed by atoms with Crippen LogP contribution in [0, 0.1) is 0 Å². The standard InChI is InChI=1S/C12H22O2/c1-3-4-5-6-8-11(13)12(2)9-7-10-14-12/h3-10H2,1-2H3. The van der Waals surface area contributed by atoms with Crippen LogP contribution in [0.3, 0.4) is 0 Å². The Kier molecular flexibility index (Phi) is 4.59. The van der Waals surface area contributed by atoms with Gasteiger partial charge in [-0.15, -0.1) is 0 Å². The van der Waals surface area contributed by atoms with E-state index in [1.165, 1.54) is 19.3 Å². The maximum atomic E-state index is 11.8. The van der Waals surface area contributed by atoms with Gasteiger partial charge >= 0.3 is 0 Å². The summed E-state index contributed by atoms with van der Waals surface area (Å²) in [6, 6.07) is 0. The summed E-state index contributed by atoms with van der Waals surface area (Å²) in [6.07, 6.45) is 7.34. The number of unbranched alkanes of at least 4 members (excludes halogenated alkanes) is 3. The number of carbonyl (C=O) groups excluding carboxylic acids is 1. The van der Waals surface area contributed by atoms with E-state index in [0.29, 0.717) is 12.2 Å². The summed E-state index contributed by atoms with van der Waals surface area (Å²) in [7, 11) is 0. The molecule has 0 saturated carbocycles. The first-order valence-corrected chi connectivity index (χ1v) is 5.86. The largest absolute Gasteiger partial charge is 0.368 e. The Bertz CT molecular complexity index is 181. The minimum atomic E-state index is -0.438. The van der Waals surface area contributed by atoms with Gasteiger partial charge in [0.15, 0.2) is 5.78 Å². The smallest absolute Gasteiger partial charge is 0.164 e. The molecule has 2 heteroatoms. The predicted molar refractivity (Wildman–Crippen MR) is 57.4 cm³/mol. The zero-order valence-corrected chi connectivity index (χ0v) is 9.47. The van der Waals surface area contributed by atoms with Crippen LogP contribution in [-0.2, 0) is 9.53 Å². The monoisotopic (exact) mass is 198 g/mol. The van der Waals surface area contributed by atoms with Crippen molar-refractivity contribution in [3.8, 4) is 0 Å². The van der Waals surface area contributed by atoms with Crippen LogP contribution in [0.15, 0.2) is 0 Å². The highest BCUT2D eigenvalue weighted by atomic mass is 16.5. The van der Waals surface area contributed by atoms with Gasteiger partial charge in [-0.2, -0.15) is 0 Å². The molecule has 1 aliphatic rings. The zero-order valence-electron chi connectivity index (χ0n) is 9.47. The van der Waals surface area contributed by atoms with E-state index in [1.807, 2.05) is 6.92 Å². The molecule has 0 aromatic carbocycles. The average molecular weight is 198 g/mol. The second-order valence-corrected chi connectivity index (χ2v) is 4.42. The van der Waals surface area contributed by atoms with Crippen molar-refractivity contribution in [2.45, 2.75) is 64.4 Å². The molecule has 0 aliphatic carbocycles. The molecule has 0 N–H and O–H groups in total. The van der Waals surface area contributed by atoms with Gasteiger partial charge in [-0.25, -0.2) is 0 Å². The van der Waals surface area contributed by atoms with Crippen molar-refractivity contribution in [1.29, 1.82) is 0 Å². The summed E-state index contributed by atoms with van der Waals surface area (Å²) in [6.45, 7) is 4.89. The molecule has 1 unspecified atom stereocenters. The fourth-order valence-electron chi connectivity index (χ4n) is 1.98. The summed E-state index contributed by atoms with van der Waals surface area (Å²) in [5.74, 6) is 0.311. The molecular formula is C12H22O2. The fraction of sp³-hybridized carbons (Fsp3) is 0.917. The molecule has 0 amide bonds. The molecule has 1 aliphatic heterocycles. The van der Waals surface area contributed by atoms with Crippen LogP contribution in [0.1, 0.15) is 58.8 Å². The van der Waals surface area contributed by atoms with Crippen molar-refractivity contribution in [1.82, 2.24) is 0 Å². The lowest BCUT2D eigenvalue weighted by atomic mass is 9.93. The van der Waals surface area contributed by atoms with Crippen molar-refractivity contribution in [3.05, 3.63) is 0 Å². The summed E-state index contributed by atoms with van der Waals surface area (Å²) < 4.78 is 5.51. The van der Waals surface area contributed by atoms with E-state index >= 15 is 0 Å². The Hall–Kier alpha value is -0.370. The van der Waals surface area contributed by atoms with E-state index in [1.54, 1.807) is 0 Å². The van der Waals surface area contributed by atoms with Crippen molar-refractivity contribution in [2.75, 3.05) is 6.61 Å². The Morgan fingerprint density at radius 1 is 1.36 bits per heavy atom. The predicted octanol–water partition coefficient (Wildman–Crippen LogP) is 3.10. The van der Waals surface area contributed by atoms with Gasteiger partial charge in [-0.3, -0.25) is 4.79 Å². The van der Waals surface area contributed by atoms with Gasteiger partial charge in [0.25, 0.3) is 0 Å². The first kappa shape index (κ1) is 11.7. The Balaban J connectivity index is 2.20. The van der Waals surface area contributed by atoms with Crippen molar-refractivity contribution in [2.24, 2.45) is 0 Å². The van der Waals surface area contributed by atoms with E-state index in [-0.39, 0.29) is 0 Å². The Morgan fingerprint density at radius 3 is 2.71 bits per heavy atom. The number of carbonyl (C=O) groups is 1. The molecule has 0 aromatic heterocycles. The van der Waals surface area contributed by atoms with Gasteiger partial charge in [-0.05, 0) is 26.2 Å². The van der Waals surface area contributed by atoms with E-state index in [4.69, 9.17) is 4.74 Å². The second-order valence-electron chi connectivity index (χ2n) is 4.42. The second kappa shape index (κ2) is 5.50. The van der Waals surface area contributed by atoms with Crippen LogP contribution in [0.5, 0.6) is 0 Å². The normalized spacial score (nSPS) is 26.7. The van der Waals surface area contributed by atoms with Crippen LogP contribution < -0.4 is 0 Å². The quantitative estimate of drug-likeness (QED) is 0.613. The van der Waals surface area contributed by atoms with E-state index in [0.717, 1.165) is 25.9 Å². The molecule has 2 nitrogen and oxygen atoms in total. The highest BCUT2D eigenvalue weighted by molar-refractivity contribution is 5.87. The molecule has 82 valence electrons. The highest BCUT2D eigenvalue weighted by Crippen LogP contribution is 2.27. The third kappa shape index (κ3) is 3.09. The molecular weight excluding hydrogens is 176 g/mol. The number of ether oxygens (including phenoxy) is 1. The van der Waals surface area contributed by atoms with Crippen molar-refractivity contribution >= 4 is 5.78 Å². The van der Waals surface area contributed by atoms with E-state index < -0.39 is 5.60 Å². The van der Waals surface area contributed by atoms with E-state index in [2.05, 4.69) is 6.92 Å². The van der Waals surface area contributed by atoms with Gasteiger partial charge in [0.2, 0.25) is 0 Å². The summed E-state index contributed by atoms with van der Waals surface area (Å²) in [5, 5.41) is 0. The molecule has 1 rings (SSSR count). The minimum absolute atomic E-state index is 0.311. The maximum Gasteiger partial charge on any atom is 0.164 e. The van der Waals surface area contributed by atoms with Gasteiger partial charge in [-0.1, -0.05) is 26.2 Å². The molecule has 0 radical (unpaired) electrons. The molecule has 0 bridgehead atoms. The van der Waals surface area contributed by atoms with Crippen LogP contribution in [0.2, 0.25) is 0 Å². The van der Waals surface area contributed by atoms with Crippen LogP contribution >= 0.6 is 0 Å². The number of hydrogen-bond acceptors (Lipinski definition) is 2. The number of hydrogen-bond donors (Lipinski definition) is 0. The van der Waals surface area contributed by atoms with E-state index in [9.17, 15) is 4.79 Å². The molecule has 1 atom stereocenters. The third-order valence-electron chi connectivity index (χ3n) is 3.07. The van der Waals surface area contributed by atoms with Gasteiger partial charge < -0.3 is 4.74 Å². The Morgan fingerprint density at radius 2 is 2.14 bits per heavy atom. The maximum absolute atomic E-state index is 11.8. The third-order valence-corrected chi connectivity index (χ3v) is 3.07. The van der Waals surface area contributed by atoms with Gasteiger partial charge in [0.05, 0.1) is 0 Å². The van der Waals surface area contributed by atoms with Crippen LogP contribution in [0.25, 0.3) is 0 Å². The molecule has 0 spiro atoms. The highest BCUT2D eigenvalue weighted by Gasteiger charge is 2.36. The lowest BCUT2D eigenvalue weighted by molar-refractivity contribution is -0.137. The van der Waals surface area contributed by atoms with Crippen LogP contribution in [-0.4, -0.2) is 18.0 Å². The number of ketones is 1. The number of rotatable bonds is 6. The first-order valence-electron chi connectivity index (χ1n) is 5.86. The lowest BCUT2D eigenvalue weighted by Crippen LogP contribution is -2.34. The molecule has 14 heavy (non-hydrogen) atoms. The van der Waals surface area contributed by atoms with Crippen LogP contribution in [0.4, 0.5) is 0 Å². The summed E-state index contributed by atoms with van der Waals surface area (Å²) in [5.41, 5.74) is -0.438. The Labute approximate surface area is 87.0 Å². The van der Waals surface area contributed by atoms with Gasteiger partial charge in [0.1, 0.15) is 5.60 Å². The molecule has 0 aromatic rings. The first-order chi connectivity index (χ1) is 6.69. The summed E-state index contributed by atoms with van der Waals surface area (Å²) in [4.78, 5) is 11.8. The van der Waals surface area contributed by atoms with Crippen molar-refractivity contribution < 1.29 is 9.53 Å². The summed E-state index contributed by atoms with van der Waals surface area (Å²) >= 11 is 0. The molecule has 1 fully saturated rings. The molecule has 1 saturated heterocycles. The average Bonchev–Trinajstić information content (AvgIpc) is 2.61. The fourth-order valence-corrected chi connectivity index (χ4v) is 1.98. The topological polar surface area (TPSA) is 26.3 Å². The minimum Gasteiger partial charge on any atom is -0.368 e. The zero-order chi connectivity index (χ0) is 10.4. The molecule has 1 heterocycles. The number of Topliss-reactive ketones (excluding diaryl/α,β-unsaturated/α-hetero) is 1. The van der Waals surface area contributed by atoms with Gasteiger partial charge in [0, 0.05) is 13.0 Å². The lowest BCUT2D eigenvalue weighted by Gasteiger charge is -2.21.